The van der Waals surface area contributed by atoms with Crippen LogP contribution < -0.4 is 11.5 Å². The van der Waals surface area contributed by atoms with Gasteiger partial charge in [-0.2, -0.15) is 0 Å². The van der Waals surface area contributed by atoms with Crippen LogP contribution in [0.25, 0.3) is 0 Å². The fraction of sp³-hybridized carbons (Fsp3) is 1.00. The number of aliphatic hydroxyl groups excluding tert-OH is 1. The predicted molar refractivity (Wildman–Crippen MR) is 66.2 cm³/mol. The Hall–Kier alpha value is -0.200. The molecule has 5 N–H and O–H groups in total. The molecule has 0 aliphatic carbocycles. The first-order chi connectivity index (χ1) is 7.88. The van der Waals surface area contributed by atoms with Gasteiger partial charge in [-0.25, -0.2) is 0 Å². The average molecular weight is 246 g/mol. The van der Waals surface area contributed by atoms with E-state index in [4.69, 9.17) is 20.9 Å². The molecule has 5 nitrogen and oxygen atoms in total. The molecular weight excluding hydrogens is 220 g/mol. The first-order valence-corrected chi connectivity index (χ1v) is 6.33. The van der Waals surface area contributed by atoms with Gasteiger partial charge in [0.05, 0.1) is 12.2 Å². The Labute approximate surface area is 103 Å². The molecule has 0 saturated carbocycles. The molecule has 0 aromatic heterocycles. The summed E-state index contributed by atoms with van der Waals surface area (Å²) < 4.78 is 11.3. The van der Waals surface area contributed by atoms with Crippen molar-refractivity contribution in [3.8, 4) is 0 Å². The molecule has 1 saturated heterocycles. The summed E-state index contributed by atoms with van der Waals surface area (Å²) in [6.07, 6.45) is -1.64. The first-order valence-electron chi connectivity index (χ1n) is 6.33. The average Bonchev–Trinajstić information content (AvgIpc) is 2.23. The van der Waals surface area contributed by atoms with Crippen LogP contribution >= 0.6 is 0 Å². The van der Waals surface area contributed by atoms with Crippen LogP contribution in [0.2, 0.25) is 0 Å². The summed E-state index contributed by atoms with van der Waals surface area (Å²) in [5.74, 6) is 0.371. The second kappa shape index (κ2) is 6.11. The van der Waals surface area contributed by atoms with Crippen molar-refractivity contribution in [3.63, 3.8) is 0 Å². The van der Waals surface area contributed by atoms with Crippen LogP contribution in [0.3, 0.4) is 0 Å². The number of nitrogens with two attached hydrogens (primary N) is 2. The lowest BCUT2D eigenvalue weighted by atomic mass is 9.79. The van der Waals surface area contributed by atoms with Crippen LogP contribution in [0, 0.1) is 11.8 Å². The van der Waals surface area contributed by atoms with Crippen molar-refractivity contribution in [2.24, 2.45) is 23.3 Å². The van der Waals surface area contributed by atoms with Crippen LogP contribution in [-0.4, -0.2) is 42.3 Å². The first kappa shape index (κ1) is 14.9. The zero-order valence-electron chi connectivity index (χ0n) is 11.2. The quantitative estimate of drug-likeness (QED) is 0.652. The van der Waals surface area contributed by atoms with Crippen LogP contribution in [0.5, 0.6) is 0 Å². The number of hydrogen-bond acceptors (Lipinski definition) is 5. The van der Waals surface area contributed by atoms with Gasteiger partial charge < -0.3 is 26.0 Å². The molecule has 0 radical (unpaired) electrons. The molecule has 0 spiro atoms. The van der Waals surface area contributed by atoms with E-state index in [2.05, 4.69) is 13.8 Å². The standard InChI is InChI=1S/C12H26N2O3/c1-6(2)9-8(5-13)17-12(16-7(3)4)11(15)10(9)14/h6-12,15H,5,13-14H2,1-4H3/t8?,9-,10?,11?,12+/m1/s1. The normalized spacial score (nSPS) is 39.0. The van der Waals surface area contributed by atoms with E-state index in [1.165, 1.54) is 0 Å². The Morgan fingerprint density at radius 2 is 1.88 bits per heavy atom. The van der Waals surface area contributed by atoms with Crippen LogP contribution in [0.1, 0.15) is 27.7 Å². The highest BCUT2D eigenvalue weighted by Crippen LogP contribution is 2.30. The summed E-state index contributed by atoms with van der Waals surface area (Å²) in [6.45, 7) is 8.31. The van der Waals surface area contributed by atoms with Gasteiger partial charge in [0.1, 0.15) is 6.10 Å². The van der Waals surface area contributed by atoms with E-state index >= 15 is 0 Å². The summed E-state index contributed by atoms with van der Waals surface area (Å²) in [6, 6.07) is -0.360. The molecule has 102 valence electrons. The van der Waals surface area contributed by atoms with Crippen LogP contribution in [0.15, 0.2) is 0 Å². The van der Waals surface area contributed by atoms with Gasteiger partial charge in [0.25, 0.3) is 0 Å². The monoisotopic (exact) mass is 246 g/mol. The SMILES string of the molecule is CC(C)O[C@H]1OC(CN)[C@@H](C(C)C)C(N)C1O. The Morgan fingerprint density at radius 3 is 2.29 bits per heavy atom. The Morgan fingerprint density at radius 1 is 1.29 bits per heavy atom. The summed E-state index contributed by atoms with van der Waals surface area (Å²) in [4.78, 5) is 0. The Kier molecular flexibility index (Phi) is 5.34. The summed E-state index contributed by atoms with van der Waals surface area (Å²) in [5, 5.41) is 10.1. The van der Waals surface area contributed by atoms with Crippen LogP contribution in [-0.2, 0) is 9.47 Å². The lowest BCUT2D eigenvalue weighted by molar-refractivity contribution is -0.273. The van der Waals surface area contributed by atoms with Crippen LogP contribution in [0.4, 0.5) is 0 Å². The second-order valence-corrected chi connectivity index (χ2v) is 5.35. The maximum Gasteiger partial charge on any atom is 0.185 e. The van der Waals surface area contributed by atoms with Crippen molar-refractivity contribution in [2.75, 3.05) is 6.54 Å². The molecule has 0 amide bonds. The minimum atomic E-state index is -0.799. The van der Waals surface area contributed by atoms with Gasteiger partial charge in [-0.3, -0.25) is 0 Å². The highest BCUT2D eigenvalue weighted by atomic mass is 16.7. The largest absolute Gasteiger partial charge is 0.386 e. The number of ether oxygens (including phenoxy) is 2. The van der Waals surface area contributed by atoms with E-state index < -0.39 is 12.4 Å². The van der Waals surface area contributed by atoms with Crippen molar-refractivity contribution in [1.29, 1.82) is 0 Å². The van der Waals surface area contributed by atoms with Gasteiger partial charge in [-0.15, -0.1) is 0 Å². The topological polar surface area (TPSA) is 90.7 Å². The molecule has 1 fully saturated rings. The third kappa shape index (κ3) is 3.39. The van der Waals surface area contributed by atoms with Crippen molar-refractivity contribution in [1.82, 2.24) is 0 Å². The third-order valence-corrected chi connectivity index (χ3v) is 3.26. The fourth-order valence-corrected chi connectivity index (χ4v) is 2.47. The predicted octanol–water partition coefficient (Wildman–Crippen LogP) is 0.0554. The number of hydrogen-bond donors (Lipinski definition) is 3. The van der Waals surface area contributed by atoms with Crippen molar-refractivity contribution in [2.45, 2.75) is 58.3 Å². The van der Waals surface area contributed by atoms with E-state index in [0.29, 0.717) is 12.5 Å². The van der Waals surface area contributed by atoms with Crippen molar-refractivity contribution in [3.05, 3.63) is 0 Å². The minimum Gasteiger partial charge on any atom is -0.386 e. The highest BCUT2D eigenvalue weighted by Gasteiger charge is 2.44. The van der Waals surface area contributed by atoms with Gasteiger partial charge in [-0.05, 0) is 19.8 Å². The maximum absolute atomic E-state index is 10.1. The summed E-state index contributed by atoms with van der Waals surface area (Å²) in [7, 11) is 0. The number of rotatable bonds is 4. The van der Waals surface area contributed by atoms with Gasteiger partial charge in [-0.1, -0.05) is 13.8 Å². The zero-order valence-corrected chi connectivity index (χ0v) is 11.2. The van der Waals surface area contributed by atoms with Gasteiger partial charge in [0.15, 0.2) is 6.29 Å². The van der Waals surface area contributed by atoms with E-state index in [-0.39, 0.29) is 24.2 Å². The lowest BCUT2D eigenvalue weighted by Gasteiger charge is -2.45. The molecule has 3 unspecified atom stereocenters. The summed E-state index contributed by atoms with van der Waals surface area (Å²) in [5.41, 5.74) is 11.8. The second-order valence-electron chi connectivity index (χ2n) is 5.35. The fourth-order valence-electron chi connectivity index (χ4n) is 2.47. The molecule has 0 bridgehead atoms. The van der Waals surface area contributed by atoms with Crippen molar-refractivity contribution >= 4 is 0 Å². The lowest BCUT2D eigenvalue weighted by Crippen LogP contribution is -2.62. The van der Waals surface area contributed by atoms with E-state index in [1.54, 1.807) is 0 Å². The molecule has 0 aromatic carbocycles. The van der Waals surface area contributed by atoms with Gasteiger partial charge >= 0.3 is 0 Å². The van der Waals surface area contributed by atoms with E-state index in [0.717, 1.165) is 0 Å². The van der Waals surface area contributed by atoms with Gasteiger partial charge in [0.2, 0.25) is 0 Å². The Balaban J connectivity index is 2.78. The van der Waals surface area contributed by atoms with Crippen molar-refractivity contribution < 1.29 is 14.6 Å². The number of aliphatic hydroxyl groups is 1. The summed E-state index contributed by atoms with van der Waals surface area (Å²) >= 11 is 0. The van der Waals surface area contributed by atoms with Gasteiger partial charge in [0, 0.05) is 18.5 Å². The molecule has 1 heterocycles. The highest BCUT2D eigenvalue weighted by molar-refractivity contribution is 4.93. The molecule has 5 atom stereocenters. The van der Waals surface area contributed by atoms with E-state index in [9.17, 15) is 5.11 Å². The zero-order chi connectivity index (χ0) is 13.2. The Bertz CT molecular complexity index is 232. The molecule has 1 rings (SSSR count). The van der Waals surface area contributed by atoms with E-state index in [1.807, 2.05) is 13.8 Å². The molecular formula is C12H26N2O3. The minimum absolute atomic E-state index is 0.0177. The molecule has 1 aliphatic heterocycles. The maximum atomic E-state index is 10.1. The smallest absolute Gasteiger partial charge is 0.185 e. The molecule has 0 aromatic rings. The third-order valence-electron chi connectivity index (χ3n) is 3.26. The molecule has 5 heteroatoms. The molecule has 17 heavy (non-hydrogen) atoms. The molecule has 1 aliphatic rings.